The van der Waals surface area contributed by atoms with Crippen LogP contribution < -0.4 is 0 Å². The van der Waals surface area contributed by atoms with Crippen LogP contribution in [0.15, 0.2) is 36.7 Å². The zero-order chi connectivity index (χ0) is 20.8. The molecule has 4 aromatic rings. The van der Waals surface area contributed by atoms with E-state index in [1.54, 1.807) is 12.1 Å². The van der Waals surface area contributed by atoms with Gasteiger partial charge in [0.1, 0.15) is 11.5 Å². The summed E-state index contributed by atoms with van der Waals surface area (Å²) in [7, 11) is 0. The largest absolute Gasteiger partial charge is 0.278 e. The summed E-state index contributed by atoms with van der Waals surface area (Å²) >= 11 is 0. The van der Waals surface area contributed by atoms with E-state index in [0.717, 1.165) is 59.0 Å². The number of benzene rings is 2. The van der Waals surface area contributed by atoms with Crippen molar-refractivity contribution in [3.8, 4) is 22.4 Å². The number of fused-ring (bicyclic) bond motifs is 1. The summed E-state index contributed by atoms with van der Waals surface area (Å²) in [6.45, 7) is 11.6. The molecule has 0 spiro atoms. The maximum absolute atomic E-state index is 15.1. The Morgan fingerprint density at radius 3 is 2.80 bits per heavy atom. The highest BCUT2D eigenvalue weighted by molar-refractivity contribution is 6.00. The van der Waals surface area contributed by atoms with E-state index >= 15 is 4.39 Å². The average molecular weight is 399 g/mol. The van der Waals surface area contributed by atoms with Gasteiger partial charge in [-0.1, -0.05) is 25.5 Å². The fraction of sp³-hybridized carbons (Fsp3) is 0.292. The topological polar surface area (TPSA) is 50.9 Å². The van der Waals surface area contributed by atoms with Gasteiger partial charge in [-0.05, 0) is 55.0 Å². The van der Waals surface area contributed by atoms with Crippen LogP contribution in [-0.4, -0.2) is 20.0 Å². The van der Waals surface area contributed by atoms with Crippen molar-refractivity contribution >= 4 is 16.6 Å². The van der Waals surface area contributed by atoms with Crippen LogP contribution in [0.2, 0.25) is 0 Å². The van der Waals surface area contributed by atoms with E-state index in [-0.39, 0.29) is 5.82 Å². The minimum Gasteiger partial charge on any atom is -0.278 e. The molecule has 0 radical (unpaired) electrons. The third kappa shape index (κ3) is 3.07. The molecule has 0 saturated heterocycles. The maximum Gasteiger partial charge on any atom is 0.197 e. The smallest absolute Gasteiger partial charge is 0.197 e. The highest BCUT2D eigenvalue weighted by Crippen LogP contribution is 2.41. The zero-order valence-electron chi connectivity index (χ0n) is 17.0. The summed E-state index contributed by atoms with van der Waals surface area (Å²) in [6.07, 6.45) is 7.96. The van der Waals surface area contributed by atoms with Crippen LogP contribution in [0.25, 0.3) is 38.1 Å². The molecule has 2 heterocycles. The first-order chi connectivity index (χ1) is 14.6. The minimum absolute atomic E-state index is 0.283. The molecular weight excluding hydrogens is 377 g/mol. The minimum atomic E-state index is -0.283. The molecule has 0 bridgehead atoms. The molecular formula is C24H22FN5. The standard InChI is InChI=1S/C24H22FN5/c1-4-5-15-8-14(2)23(20(25)9-15)18-10-19-22(11-21(18)26-3)28-29-24(19)16-12-27-30(13-16)17-6-7-17/h8-13,17H,4-7H2,1-2H3,(H,28,29). The van der Waals surface area contributed by atoms with Crippen molar-refractivity contribution < 1.29 is 4.39 Å². The molecule has 2 aromatic carbocycles. The van der Waals surface area contributed by atoms with Gasteiger partial charge >= 0.3 is 0 Å². The van der Waals surface area contributed by atoms with Crippen molar-refractivity contribution in [3.63, 3.8) is 0 Å². The second-order valence-electron chi connectivity index (χ2n) is 8.06. The van der Waals surface area contributed by atoms with E-state index in [1.165, 1.54) is 0 Å². The normalized spacial score (nSPS) is 13.7. The molecule has 1 aliphatic carbocycles. The number of H-pyrrole nitrogens is 1. The van der Waals surface area contributed by atoms with Gasteiger partial charge in [-0.2, -0.15) is 10.2 Å². The molecule has 1 aliphatic rings. The van der Waals surface area contributed by atoms with Gasteiger partial charge < -0.3 is 0 Å². The fourth-order valence-electron chi connectivity index (χ4n) is 4.15. The van der Waals surface area contributed by atoms with Crippen LogP contribution in [0.1, 0.15) is 43.4 Å². The van der Waals surface area contributed by atoms with Gasteiger partial charge in [-0.15, -0.1) is 0 Å². The van der Waals surface area contributed by atoms with Crippen LogP contribution in [-0.2, 0) is 6.42 Å². The number of aryl methyl sites for hydroxylation is 2. The maximum atomic E-state index is 15.1. The molecule has 2 aromatic heterocycles. The molecule has 1 fully saturated rings. The Bertz CT molecular complexity index is 1280. The molecule has 0 unspecified atom stereocenters. The van der Waals surface area contributed by atoms with Crippen LogP contribution >= 0.6 is 0 Å². The second kappa shape index (κ2) is 7.10. The predicted octanol–water partition coefficient (Wildman–Crippen LogP) is 6.38. The number of aromatic nitrogens is 4. The van der Waals surface area contributed by atoms with Crippen molar-refractivity contribution in [2.24, 2.45) is 0 Å². The number of hydrogen-bond acceptors (Lipinski definition) is 2. The fourth-order valence-corrected chi connectivity index (χ4v) is 4.15. The summed E-state index contributed by atoms with van der Waals surface area (Å²) in [6, 6.07) is 7.76. The Balaban J connectivity index is 1.67. The van der Waals surface area contributed by atoms with E-state index in [4.69, 9.17) is 6.57 Å². The Kier molecular flexibility index (Phi) is 4.39. The zero-order valence-corrected chi connectivity index (χ0v) is 17.0. The van der Waals surface area contributed by atoms with Crippen LogP contribution in [0.4, 0.5) is 10.1 Å². The third-order valence-electron chi connectivity index (χ3n) is 5.75. The third-order valence-corrected chi connectivity index (χ3v) is 5.75. The van der Waals surface area contributed by atoms with E-state index in [9.17, 15) is 0 Å². The summed E-state index contributed by atoms with van der Waals surface area (Å²) < 4.78 is 17.1. The van der Waals surface area contributed by atoms with Gasteiger partial charge in [0.2, 0.25) is 0 Å². The molecule has 5 rings (SSSR count). The van der Waals surface area contributed by atoms with Crippen molar-refractivity contribution in [1.29, 1.82) is 0 Å². The monoisotopic (exact) mass is 399 g/mol. The van der Waals surface area contributed by atoms with E-state index in [1.807, 2.05) is 36.1 Å². The van der Waals surface area contributed by atoms with Crippen molar-refractivity contribution in [2.45, 2.75) is 45.6 Å². The molecule has 0 aliphatic heterocycles. The van der Waals surface area contributed by atoms with Crippen LogP contribution in [0.5, 0.6) is 0 Å². The predicted molar refractivity (Wildman–Crippen MR) is 116 cm³/mol. The van der Waals surface area contributed by atoms with Gasteiger partial charge in [0.25, 0.3) is 0 Å². The molecule has 5 nitrogen and oxygen atoms in total. The Morgan fingerprint density at radius 2 is 2.10 bits per heavy atom. The number of aromatic amines is 1. The molecule has 1 N–H and O–H groups in total. The molecule has 0 atom stereocenters. The Labute approximate surface area is 174 Å². The number of hydrogen-bond donors (Lipinski definition) is 1. The van der Waals surface area contributed by atoms with E-state index in [2.05, 4.69) is 27.1 Å². The summed E-state index contributed by atoms with van der Waals surface area (Å²) in [5, 5.41) is 12.8. The van der Waals surface area contributed by atoms with Gasteiger partial charge in [-0.3, -0.25) is 9.78 Å². The molecule has 30 heavy (non-hydrogen) atoms. The number of halogens is 1. The van der Waals surface area contributed by atoms with Gasteiger partial charge in [-0.25, -0.2) is 9.24 Å². The molecule has 150 valence electrons. The molecule has 6 heteroatoms. The Hall–Kier alpha value is -3.46. The van der Waals surface area contributed by atoms with E-state index in [0.29, 0.717) is 22.9 Å². The van der Waals surface area contributed by atoms with Crippen molar-refractivity contribution in [1.82, 2.24) is 20.0 Å². The second-order valence-corrected chi connectivity index (χ2v) is 8.06. The first-order valence-corrected chi connectivity index (χ1v) is 10.3. The number of nitrogens with zero attached hydrogens (tertiary/aromatic N) is 4. The lowest BCUT2D eigenvalue weighted by Gasteiger charge is -2.12. The van der Waals surface area contributed by atoms with Gasteiger partial charge in [0.05, 0.1) is 24.3 Å². The SMILES string of the molecule is [C-]#[N+]c1cc2[nH]nc(-c3cnn(C4CC4)c3)c2cc1-c1c(C)cc(CCC)cc1F. The van der Waals surface area contributed by atoms with Crippen LogP contribution in [0.3, 0.4) is 0 Å². The highest BCUT2D eigenvalue weighted by Gasteiger charge is 2.25. The lowest BCUT2D eigenvalue weighted by atomic mass is 9.93. The summed E-state index contributed by atoms with van der Waals surface area (Å²) in [5.41, 5.74) is 5.79. The number of rotatable bonds is 5. The quantitative estimate of drug-likeness (QED) is 0.396. The first-order valence-electron chi connectivity index (χ1n) is 10.3. The first kappa shape index (κ1) is 18.6. The van der Waals surface area contributed by atoms with E-state index < -0.39 is 0 Å². The van der Waals surface area contributed by atoms with Crippen molar-refractivity contribution in [3.05, 3.63) is 65.0 Å². The lowest BCUT2D eigenvalue weighted by Crippen LogP contribution is -1.94. The van der Waals surface area contributed by atoms with Crippen molar-refractivity contribution in [2.75, 3.05) is 0 Å². The molecule has 0 amide bonds. The summed E-state index contributed by atoms with van der Waals surface area (Å²) in [5.74, 6) is -0.283. The van der Waals surface area contributed by atoms with Gasteiger partial charge in [0.15, 0.2) is 5.69 Å². The average Bonchev–Trinajstić information content (AvgIpc) is 3.31. The molecule has 1 saturated carbocycles. The van der Waals surface area contributed by atoms with Gasteiger partial charge in [0, 0.05) is 22.7 Å². The summed E-state index contributed by atoms with van der Waals surface area (Å²) in [4.78, 5) is 3.67. The van der Waals surface area contributed by atoms with Crippen LogP contribution in [0, 0.1) is 19.3 Å². The lowest BCUT2D eigenvalue weighted by molar-refractivity contribution is 0.627. The highest BCUT2D eigenvalue weighted by atomic mass is 19.1. The number of nitrogens with one attached hydrogen (secondary N) is 1. The Morgan fingerprint density at radius 1 is 1.27 bits per heavy atom.